The first-order valence-electron chi connectivity index (χ1n) is 9.65. The molecule has 2 bridgehead atoms. The molecule has 0 spiro atoms. The third-order valence-corrected chi connectivity index (χ3v) is 6.22. The van der Waals surface area contributed by atoms with Crippen LogP contribution >= 0.6 is 0 Å². The van der Waals surface area contributed by atoms with E-state index in [9.17, 15) is 9.90 Å². The number of benzene rings is 2. The number of carboxylic acids is 1. The Morgan fingerprint density at radius 1 is 1.18 bits per heavy atom. The summed E-state index contributed by atoms with van der Waals surface area (Å²) >= 11 is 0. The molecule has 0 amide bonds. The fourth-order valence-electron chi connectivity index (χ4n) is 4.65. The lowest BCUT2D eigenvalue weighted by molar-refractivity contribution is -0.147. The number of carboxylic acid groups (broad SMARTS) is 1. The zero-order valence-corrected chi connectivity index (χ0v) is 15.7. The molecule has 1 saturated carbocycles. The fraction of sp³-hybridized carbons (Fsp3) is 0.381. The summed E-state index contributed by atoms with van der Waals surface area (Å²) < 4.78 is 8.15. The minimum Gasteiger partial charge on any atom is -0.478 e. The van der Waals surface area contributed by atoms with Gasteiger partial charge in [-0.1, -0.05) is 23.4 Å². The molecule has 3 aliphatic rings. The Balaban J connectivity index is 1.58. The molecule has 0 unspecified atom stereocenters. The van der Waals surface area contributed by atoms with E-state index in [4.69, 9.17) is 4.74 Å². The minimum atomic E-state index is -0.994. The van der Waals surface area contributed by atoms with Gasteiger partial charge in [0.2, 0.25) is 0 Å². The number of carbonyl (C=O) groups is 1. The topological polar surface area (TPSA) is 80.5 Å². The van der Waals surface area contributed by atoms with E-state index in [-0.39, 0.29) is 11.3 Å². The first-order chi connectivity index (χ1) is 13.6. The summed E-state index contributed by atoms with van der Waals surface area (Å²) in [7, 11) is 2.13. The zero-order chi connectivity index (χ0) is 19.3. The van der Waals surface area contributed by atoms with Crippen LogP contribution in [0.1, 0.15) is 36.0 Å². The van der Waals surface area contributed by atoms with Crippen molar-refractivity contribution in [2.45, 2.75) is 31.4 Å². The first kappa shape index (κ1) is 17.2. The molecule has 0 atom stereocenters. The quantitative estimate of drug-likeness (QED) is 0.750. The van der Waals surface area contributed by atoms with Crippen LogP contribution in [0.2, 0.25) is 0 Å². The van der Waals surface area contributed by atoms with Crippen molar-refractivity contribution >= 4 is 17.0 Å². The Morgan fingerprint density at radius 2 is 1.96 bits per heavy atom. The highest BCUT2D eigenvalue weighted by molar-refractivity contribution is 5.93. The van der Waals surface area contributed by atoms with E-state index in [0.717, 1.165) is 30.8 Å². The maximum atomic E-state index is 11.6. The predicted molar refractivity (Wildman–Crippen MR) is 104 cm³/mol. The number of fused-ring (bicyclic) bond motifs is 4. The van der Waals surface area contributed by atoms with Gasteiger partial charge in [-0.3, -0.25) is 4.90 Å². The predicted octanol–water partition coefficient (Wildman–Crippen LogP) is 3.33. The summed E-state index contributed by atoms with van der Waals surface area (Å²) in [4.78, 5) is 13.9. The summed E-state index contributed by atoms with van der Waals surface area (Å²) in [5.74, 6) is 0.481. The van der Waals surface area contributed by atoms with Gasteiger partial charge in [0.1, 0.15) is 0 Å². The van der Waals surface area contributed by atoms with Crippen LogP contribution in [0.4, 0.5) is 0 Å². The van der Waals surface area contributed by atoms with Gasteiger partial charge in [-0.25, -0.2) is 9.48 Å². The number of aromatic carboxylic acids is 1. The molecular weight excluding hydrogens is 356 g/mol. The number of aromatic nitrogens is 3. The van der Waals surface area contributed by atoms with E-state index in [0.29, 0.717) is 17.0 Å². The maximum Gasteiger partial charge on any atom is 0.337 e. The molecular formula is C21H22N4O3. The Kier molecular flexibility index (Phi) is 3.87. The fourth-order valence-corrected chi connectivity index (χ4v) is 4.65. The highest BCUT2D eigenvalue weighted by Crippen LogP contribution is 2.44. The average molecular weight is 378 g/mol. The van der Waals surface area contributed by atoms with Crippen LogP contribution in [0, 0.1) is 5.92 Å². The molecule has 28 heavy (non-hydrogen) atoms. The monoisotopic (exact) mass is 378 g/mol. The Labute approximate surface area is 162 Å². The highest BCUT2D eigenvalue weighted by Gasteiger charge is 2.46. The molecule has 2 aromatic carbocycles. The standard InChI is InChI=1S/C21H22N4O3/c1-24-13-14-9-11-21(24,12-10-14)28-18-8-4-7-17-19(18)22-23-25(17)16-6-3-2-5-15(16)20(26)27/h2-8,14H,9-13H2,1H3,(H,26,27). The van der Waals surface area contributed by atoms with Crippen molar-refractivity contribution in [3.8, 4) is 11.4 Å². The second-order valence-corrected chi connectivity index (χ2v) is 7.82. The summed E-state index contributed by atoms with van der Waals surface area (Å²) in [5.41, 5.74) is 1.77. The van der Waals surface area contributed by atoms with Crippen molar-refractivity contribution in [1.29, 1.82) is 0 Å². The van der Waals surface area contributed by atoms with Crippen LogP contribution in [0.5, 0.6) is 5.75 Å². The van der Waals surface area contributed by atoms with E-state index in [1.54, 1.807) is 28.9 Å². The smallest absolute Gasteiger partial charge is 0.337 e. The molecule has 7 heteroatoms. The minimum absolute atomic E-state index is 0.185. The van der Waals surface area contributed by atoms with Gasteiger partial charge < -0.3 is 9.84 Å². The lowest BCUT2D eigenvalue weighted by atomic mass is 9.77. The maximum absolute atomic E-state index is 11.6. The number of rotatable bonds is 4. The van der Waals surface area contributed by atoms with Gasteiger partial charge in [-0.2, -0.15) is 0 Å². The normalized spacial score (nSPS) is 24.5. The second-order valence-electron chi connectivity index (χ2n) is 7.82. The Bertz CT molecular complexity index is 1050. The Hall–Kier alpha value is -2.93. The molecule has 6 rings (SSSR count). The average Bonchev–Trinajstić information content (AvgIpc) is 3.14. The van der Waals surface area contributed by atoms with Gasteiger partial charge in [0, 0.05) is 19.4 Å². The number of para-hydroxylation sites is 1. The van der Waals surface area contributed by atoms with Crippen molar-refractivity contribution < 1.29 is 14.6 Å². The molecule has 1 aromatic heterocycles. The van der Waals surface area contributed by atoms with Gasteiger partial charge in [0.05, 0.1) is 16.8 Å². The number of hydrogen-bond donors (Lipinski definition) is 1. The van der Waals surface area contributed by atoms with Gasteiger partial charge in [-0.05, 0) is 50.1 Å². The molecule has 3 heterocycles. The molecule has 2 saturated heterocycles. The van der Waals surface area contributed by atoms with Crippen molar-refractivity contribution in [1.82, 2.24) is 19.9 Å². The van der Waals surface area contributed by atoms with E-state index >= 15 is 0 Å². The molecule has 3 fully saturated rings. The van der Waals surface area contributed by atoms with Gasteiger partial charge in [0.25, 0.3) is 0 Å². The largest absolute Gasteiger partial charge is 0.478 e. The lowest BCUT2D eigenvalue weighted by Gasteiger charge is -2.52. The lowest BCUT2D eigenvalue weighted by Crippen LogP contribution is -2.59. The van der Waals surface area contributed by atoms with Crippen LogP contribution in [-0.4, -0.2) is 50.3 Å². The Morgan fingerprint density at radius 3 is 2.71 bits per heavy atom. The molecule has 7 nitrogen and oxygen atoms in total. The van der Waals surface area contributed by atoms with Crippen LogP contribution < -0.4 is 4.74 Å². The number of nitrogens with zero attached hydrogens (tertiary/aromatic N) is 4. The number of hydrogen-bond acceptors (Lipinski definition) is 5. The molecule has 2 aliphatic heterocycles. The third kappa shape index (κ3) is 2.57. The highest BCUT2D eigenvalue weighted by atomic mass is 16.5. The van der Waals surface area contributed by atoms with Crippen LogP contribution in [0.3, 0.4) is 0 Å². The van der Waals surface area contributed by atoms with Crippen LogP contribution in [-0.2, 0) is 0 Å². The van der Waals surface area contributed by atoms with E-state index in [2.05, 4.69) is 22.3 Å². The van der Waals surface area contributed by atoms with Crippen molar-refractivity contribution in [3.05, 3.63) is 48.0 Å². The van der Waals surface area contributed by atoms with Crippen molar-refractivity contribution in [2.75, 3.05) is 13.6 Å². The van der Waals surface area contributed by atoms with E-state index in [1.807, 2.05) is 18.2 Å². The molecule has 3 aromatic rings. The summed E-state index contributed by atoms with van der Waals surface area (Å²) in [6, 6.07) is 12.5. The van der Waals surface area contributed by atoms with Crippen LogP contribution in [0.25, 0.3) is 16.7 Å². The molecule has 1 aliphatic carbocycles. The van der Waals surface area contributed by atoms with Gasteiger partial charge in [-0.15, -0.1) is 5.10 Å². The summed E-state index contributed by atoms with van der Waals surface area (Å²) in [6.45, 7) is 1.06. The summed E-state index contributed by atoms with van der Waals surface area (Å²) in [5, 5.41) is 18.1. The number of piperidine rings is 2. The third-order valence-electron chi connectivity index (χ3n) is 6.22. The second kappa shape index (κ2) is 6.31. The van der Waals surface area contributed by atoms with Crippen molar-refractivity contribution in [3.63, 3.8) is 0 Å². The van der Waals surface area contributed by atoms with Crippen LogP contribution in [0.15, 0.2) is 42.5 Å². The van der Waals surface area contributed by atoms with Crippen molar-refractivity contribution in [2.24, 2.45) is 5.92 Å². The molecule has 144 valence electrons. The van der Waals surface area contributed by atoms with Gasteiger partial charge in [0.15, 0.2) is 17.0 Å². The van der Waals surface area contributed by atoms with E-state index in [1.165, 1.54) is 12.8 Å². The van der Waals surface area contributed by atoms with Gasteiger partial charge >= 0.3 is 5.97 Å². The number of ether oxygens (including phenoxy) is 1. The van der Waals surface area contributed by atoms with E-state index < -0.39 is 5.97 Å². The first-order valence-corrected chi connectivity index (χ1v) is 9.65. The molecule has 1 N–H and O–H groups in total. The molecule has 0 radical (unpaired) electrons. The SMILES string of the molecule is CN1CC2CCC1(Oc1cccc3c1nnn3-c1ccccc1C(=O)O)CC2. The zero-order valence-electron chi connectivity index (χ0n) is 15.7. The summed E-state index contributed by atoms with van der Waals surface area (Å²) in [6.07, 6.45) is 4.42.